The molecule has 0 aliphatic rings. The van der Waals surface area contributed by atoms with Crippen LogP contribution in [0.1, 0.15) is 24.0 Å². The Morgan fingerprint density at radius 2 is 1.58 bits per heavy atom. The molecule has 98 valence electrons. The lowest BCUT2D eigenvalue weighted by Gasteiger charge is -2.03. The van der Waals surface area contributed by atoms with E-state index in [4.69, 9.17) is 0 Å². The molecule has 0 aromatic heterocycles. The average molecular weight is 317 g/mol. The van der Waals surface area contributed by atoms with E-state index < -0.39 is 0 Å². The Morgan fingerprint density at radius 1 is 0.895 bits per heavy atom. The van der Waals surface area contributed by atoms with Gasteiger partial charge < -0.3 is 0 Å². The number of ketones is 1. The molecule has 0 saturated carbocycles. The highest BCUT2D eigenvalue weighted by Crippen LogP contribution is 2.13. The highest BCUT2D eigenvalue weighted by molar-refractivity contribution is 9.10. The highest BCUT2D eigenvalue weighted by atomic mass is 79.9. The molecule has 0 bridgehead atoms. The first-order valence-electron chi connectivity index (χ1n) is 6.54. The number of halogens is 1. The lowest BCUT2D eigenvalue weighted by Crippen LogP contribution is -2.03. The van der Waals surface area contributed by atoms with E-state index in [1.54, 1.807) is 0 Å². The molecule has 0 saturated heterocycles. The standard InChI is InChI=1S/C17H17BrO/c18-16-11-9-14(10-12-16)7-4-8-17(19)13-15-5-2-1-3-6-15/h1-3,5-6,9-12H,4,7-8,13H2. The molecule has 2 aromatic rings. The van der Waals surface area contributed by atoms with Crippen LogP contribution in [-0.4, -0.2) is 5.78 Å². The summed E-state index contributed by atoms with van der Waals surface area (Å²) in [5, 5.41) is 0. The lowest BCUT2D eigenvalue weighted by molar-refractivity contribution is -0.118. The average Bonchev–Trinajstić information content (AvgIpc) is 2.42. The van der Waals surface area contributed by atoms with Gasteiger partial charge in [-0.15, -0.1) is 0 Å². The number of carbonyl (C=O) groups excluding carboxylic acids is 1. The van der Waals surface area contributed by atoms with Crippen molar-refractivity contribution >= 4 is 21.7 Å². The van der Waals surface area contributed by atoms with Crippen molar-refractivity contribution in [2.24, 2.45) is 0 Å². The van der Waals surface area contributed by atoms with Gasteiger partial charge in [0.25, 0.3) is 0 Å². The minimum atomic E-state index is 0.323. The van der Waals surface area contributed by atoms with Crippen molar-refractivity contribution in [2.75, 3.05) is 0 Å². The third kappa shape index (κ3) is 4.99. The number of aryl methyl sites for hydroxylation is 1. The molecule has 0 aliphatic carbocycles. The van der Waals surface area contributed by atoms with Gasteiger partial charge in [-0.2, -0.15) is 0 Å². The number of Topliss-reactive ketones (excluding diaryl/α,β-unsaturated/α-hetero) is 1. The van der Waals surface area contributed by atoms with Gasteiger partial charge in [0.15, 0.2) is 0 Å². The number of carbonyl (C=O) groups is 1. The largest absolute Gasteiger partial charge is 0.299 e. The second-order valence-electron chi connectivity index (χ2n) is 4.68. The van der Waals surface area contributed by atoms with E-state index in [1.807, 2.05) is 42.5 Å². The summed E-state index contributed by atoms with van der Waals surface area (Å²) in [5.74, 6) is 0.323. The van der Waals surface area contributed by atoms with Crippen LogP contribution in [0.25, 0.3) is 0 Å². The Hall–Kier alpha value is -1.41. The van der Waals surface area contributed by atoms with Crippen LogP contribution in [0.4, 0.5) is 0 Å². The molecule has 0 N–H and O–H groups in total. The maximum Gasteiger partial charge on any atom is 0.137 e. The van der Waals surface area contributed by atoms with Gasteiger partial charge in [0.05, 0.1) is 0 Å². The maximum atomic E-state index is 11.8. The van der Waals surface area contributed by atoms with Gasteiger partial charge in [0.2, 0.25) is 0 Å². The summed E-state index contributed by atoms with van der Waals surface area (Å²) in [5.41, 5.74) is 2.40. The van der Waals surface area contributed by atoms with Crippen molar-refractivity contribution in [1.29, 1.82) is 0 Å². The van der Waals surface area contributed by atoms with Crippen molar-refractivity contribution in [3.63, 3.8) is 0 Å². The minimum Gasteiger partial charge on any atom is -0.299 e. The van der Waals surface area contributed by atoms with Gasteiger partial charge in [0, 0.05) is 17.3 Å². The van der Waals surface area contributed by atoms with Crippen LogP contribution in [-0.2, 0) is 17.6 Å². The third-order valence-corrected chi connectivity index (χ3v) is 3.61. The van der Waals surface area contributed by atoms with E-state index in [0.717, 1.165) is 22.9 Å². The molecule has 0 radical (unpaired) electrons. The summed E-state index contributed by atoms with van der Waals surface area (Å²) in [6.45, 7) is 0. The first kappa shape index (κ1) is 14.0. The van der Waals surface area contributed by atoms with E-state index in [9.17, 15) is 4.79 Å². The highest BCUT2D eigenvalue weighted by Gasteiger charge is 2.03. The fourth-order valence-electron chi connectivity index (χ4n) is 2.05. The quantitative estimate of drug-likeness (QED) is 0.762. The fourth-order valence-corrected chi connectivity index (χ4v) is 2.32. The van der Waals surface area contributed by atoms with Crippen LogP contribution < -0.4 is 0 Å². The molecule has 2 aromatic carbocycles. The summed E-state index contributed by atoms with van der Waals surface area (Å²) in [4.78, 5) is 11.8. The Labute approximate surface area is 122 Å². The summed E-state index contributed by atoms with van der Waals surface area (Å²) >= 11 is 3.42. The number of hydrogen-bond donors (Lipinski definition) is 0. The Bertz CT molecular complexity index is 517. The fraction of sp³-hybridized carbons (Fsp3) is 0.235. The first-order valence-corrected chi connectivity index (χ1v) is 7.33. The van der Waals surface area contributed by atoms with Crippen molar-refractivity contribution in [3.05, 3.63) is 70.2 Å². The molecule has 0 unspecified atom stereocenters. The molecule has 1 nitrogen and oxygen atoms in total. The summed E-state index contributed by atoms with van der Waals surface area (Å²) in [7, 11) is 0. The zero-order valence-electron chi connectivity index (χ0n) is 10.8. The number of rotatable bonds is 6. The molecule has 2 rings (SSSR count). The number of benzene rings is 2. The second kappa shape index (κ2) is 7.25. The van der Waals surface area contributed by atoms with Crippen LogP contribution >= 0.6 is 15.9 Å². The van der Waals surface area contributed by atoms with Crippen molar-refractivity contribution in [1.82, 2.24) is 0 Å². The number of hydrogen-bond acceptors (Lipinski definition) is 1. The predicted molar refractivity (Wildman–Crippen MR) is 82.2 cm³/mol. The predicted octanol–water partition coefficient (Wildman–Crippen LogP) is 4.58. The first-order chi connectivity index (χ1) is 9.24. The van der Waals surface area contributed by atoms with Gasteiger partial charge >= 0.3 is 0 Å². The molecule has 0 heterocycles. The molecule has 19 heavy (non-hydrogen) atoms. The van der Waals surface area contributed by atoms with Gasteiger partial charge in [-0.25, -0.2) is 0 Å². The zero-order chi connectivity index (χ0) is 13.5. The van der Waals surface area contributed by atoms with Crippen molar-refractivity contribution in [3.8, 4) is 0 Å². The zero-order valence-corrected chi connectivity index (χ0v) is 12.4. The van der Waals surface area contributed by atoms with Crippen LogP contribution in [0.5, 0.6) is 0 Å². The summed E-state index contributed by atoms with van der Waals surface area (Å²) in [6.07, 6.45) is 3.10. The maximum absolute atomic E-state index is 11.8. The van der Waals surface area contributed by atoms with E-state index in [2.05, 4.69) is 28.1 Å². The topological polar surface area (TPSA) is 17.1 Å². The van der Waals surface area contributed by atoms with Gasteiger partial charge in [-0.3, -0.25) is 4.79 Å². The molecule has 0 amide bonds. The lowest BCUT2D eigenvalue weighted by atomic mass is 10.0. The van der Waals surface area contributed by atoms with Crippen LogP contribution in [0, 0.1) is 0 Å². The van der Waals surface area contributed by atoms with Gasteiger partial charge in [-0.1, -0.05) is 58.4 Å². The van der Waals surface area contributed by atoms with Crippen molar-refractivity contribution < 1.29 is 4.79 Å². The Balaban J connectivity index is 1.74. The summed E-state index contributed by atoms with van der Waals surface area (Å²) < 4.78 is 1.09. The van der Waals surface area contributed by atoms with Crippen molar-refractivity contribution in [2.45, 2.75) is 25.7 Å². The van der Waals surface area contributed by atoms with Crippen LogP contribution in [0.3, 0.4) is 0 Å². The third-order valence-electron chi connectivity index (χ3n) is 3.08. The van der Waals surface area contributed by atoms with E-state index in [0.29, 0.717) is 18.6 Å². The SMILES string of the molecule is O=C(CCCc1ccc(Br)cc1)Cc1ccccc1. The van der Waals surface area contributed by atoms with Gasteiger partial charge in [-0.05, 0) is 36.1 Å². The van der Waals surface area contributed by atoms with E-state index >= 15 is 0 Å². The molecule has 0 fully saturated rings. The molecule has 0 aliphatic heterocycles. The summed E-state index contributed by atoms with van der Waals surface area (Å²) in [6, 6.07) is 18.2. The van der Waals surface area contributed by atoms with E-state index in [-0.39, 0.29) is 0 Å². The van der Waals surface area contributed by atoms with E-state index in [1.165, 1.54) is 5.56 Å². The molecule has 2 heteroatoms. The Morgan fingerprint density at radius 3 is 2.26 bits per heavy atom. The minimum absolute atomic E-state index is 0.323. The molecular formula is C17H17BrO. The second-order valence-corrected chi connectivity index (χ2v) is 5.60. The molecule has 0 atom stereocenters. The normalized spacial score (nSPS) is 10.4. The van der Waals surface area contributed by atoms with Crippen LogP contribution in [0.15, 0.2) is 59.1 Å². The smallest absolute Gasteiger partial charge is 0.137 e. The molecule has 0 spiro atoms. The molecular weight excluding hydrogens is 300 g/mol. The van der Waals surface area contributed by atoms with Crippen LogP contribution in [0.2, 0.25) is 0 Å². The monoisotopic (exact) mass is 316 g/mol. The Kier molecular flexibility index (Phi) is 5.34. The van der Waals surface area contributed by atoms with Gasteiger partial charge in [0.1, 0.15) is 5.78 Å².